The molecule has 1 aliphatic rings. The summed E-state index contributed by atoms with van der Waals surface area (Å²) in [6.07, 6.45) is 1.66. The molecule has 20 heavy (non-hydrogen) atoms. The molecule has 0 fully saturated rings. The molecular formula is C14H12N2O3S. The van der Waals surface area contributed by atoms with Gasteiger partial charge in [0.05, 0.1) is 5.69 Å². The van der Waals surface area contributed by atoms with Crippen LogP contribution in [0.25, 0.3) is 0 Å². The Balaban J connectivity index is 1.70. The third-order valence-corrected chi connectivity index (χ3v) is 3.04. The summed E-state index contributed by atoms with van der Waals surface area (Å²) in [5.74, 6) is 2.14. The van der Waals surface area contributed by atoms with E-state index < -0.39 is 0 Å². The van der Waals surface area contributed by atoms with Crippen LogP contribution in [0, 0.1) is 0 Å². The van der Waals surface area contributed by atoms with Crippen LogP contribution in [0.1, 0.15) is 11.3 Å². The lowest BCUT2D eigenvalue weighted by molar-refractivity contribution is 0.173. The molecule has 0 amide bonds. The Morgan fingerprint density at radius 2 is 2.10 bits per heavy atom. The van der Waals surface area contributed by atoms with E-state index in [1.54, 1.807) is 12.3 Å². The largest absolute Gasteiger partial charge is 0.489 e. The molecule has 6 heteroatoms. The van der Waals surface area contributed by atoms with Gasteiger partial charge in [-0.2, -0.15) is 0 Å². The van der Waals surface area contributed by atoms with Crippen LogP contribution >= 0.6 is 12.2 Å². The van der Waals surface area contributed by atoms with Crippen molar-refractivity contribution in [1.29, 1.82) is 0 Å². The smallest absolute Gasteiger partial charge is 0.231 e. The summed E-state index contributed by atoms with van der Waals surface area (Å²) >= 11 is 4.90. The second-order valence-electron chi connectivity index (χ2n) is 4.22. The number of hydrogen-bond donors (Lipinski definition) is 1. The molecule has 102 valence electrons. The van der Waals surface area contributed by atoms with Crippen molar-refractivity contribution in [3.63, 3.8) is 0 Å². The summed E-state index contributed by atoms with van der Waals surface area (Å²) in [4.78, 5) is 4.36. The van der Waals surface area contributed by atoms with Crippen molar-refractivity contribution in [2.45, 2.75) is 6.61 Å². The maximum absolute atomic E-state index is 5.70. The van der Waals surface area contributed by atoms with E-state index in [1.807, 2.05) is 24.3 Å². The molecule has 2 aromatic rings. The molecule has 0 atom stereocenters. The normalized spacial score (nSPS) is 12.2. The fourth-order valence-corrected chi connectivity index (χ4v) is 1.94. The van der Waals surface area contributed by atoms with Crippen molar-refractivity contribution < 1.29 is 14.2 Å². The second-order valence-corrected chi connectivity index (χ2v) is 4.66. The predicted octanol–water partition coefficient (Wildman–Crippen LogP) is 2.02. The van der Waals surface area contributed by atoms with E-state index in [1.165, 1.54) is 0 Å². The molecule has 3 rings (SSSR count). The summed E-state index contributed by atoms with van der Waals surface area (Å²) in [6, 6.07) is 9.13. The topological polar surface area (TPSA) is 66.6 Å². The molecule has 2 N–H and O–H groups in total. The van der Waals surface area contributed by atoms with E-state index >= 15 is 0 Å². The van der Waals surface area contributed by atoms with Gasteiger partial charge in [-0.1, -0.05) is 12.2 Å². The van der Waals surface area contributed by atoms with E-state index in [-0.39, 0.29) is 11.8 Å². The fourth-order valence-electron chi connectivity index (χ4n) is 1.83. The number of ether oxygens (including phenoxy) is 3. The standard InChI is InChI=1S/C14H12N2O3S/c15-14(20)11-5-9(3-4-16-11)7-17-10-1-2-12-13(6-10)19-8-18-12/h1-6H,7-8H2,(H2,15,20). The predicted molar refractivity (Wildman–Crippen MR) is 77.0 cm³/mol. The number of pyridine rings is 1. The lowest BCUT2D eigenvalue weighted by Gasteiger charge is -2.07. The first-order chi connectivity index (χ1) is 9.72. The van der Waals surface area contributed by atoms with E-state index in [9.17, 15) is 0 Å². The first kappa shape index (κ1) is 12.7. The van der Waals surface area contributed by atoms with Crippen LogP contribution in [0.4, 0.5) is 0 Å². The Morgan fingerprint density at radius 3 is 2.95 bits per heavy atom. The second kappa shape index (κ2) is 5.34. The Bertz CT molecular complexity index is 661. The molecule has 0 saturated carbocycles. The highest BCUT2D eigenvalue weighted by molar-refractivity contribution is 7.80. The Labute approximate surface area is 121 Å². The highest BCUT2D eigenvalue weighted by Gasteiger charge is 2.13. The molecule has 0 bridgehead atoms. The maximum atomic E-state index is 5.70. The van der Waals surface area contributed by atoms with Crippen molar-refractivity contribution in [1.82, 2.24) is 4.98 Å². The van der Waals surface area contributed by atoms with Crippen molar-refractivity contribution in [2.24, 2.45) is 5.73 Å². The van der Waals surface area contributed by atoms with Crippen molar-refractivity contribution >= 4 is 17.2 Å². The fraction of sp³-hybridized carbons (Fsp3) is 0.143. The lowest BCUT2D eigenvalue weighted by atomic mass is 10.2. The Hall–Kier alpha value is -2.34. The number of fused-ring (bicyclic) bond motifs is 1. The first-order valence-electron chi connectivity index (χ1n) is 5.99. The monoisotopic (exact) mass is 288 g/mol. The van der Waals surface area contributed by atoms with Gasteiger partial charge in [0.1, 0.15) is 17.3 Å². The van der Waals surface area contributed by atoms with Crippen LogP contribution in [0.5, 0.6) is 17.2 Å². The zero-order chi connectivity index (χ0) is 13.9. The summed E-state index contributed by atoms with van der Waals surface area (Å²) in [5.41, 5.74) is 7.08. The molecule has 1 aromatic carbocycles. The molecule has 5 nitrogen and oxygen atoms in total. The SMILES string of the molecule is NC(=S)c1cc(COc2ccc3c(c2)OCO3)ccn1. The molecule has 1 aromatic heterocycles. The van der Waals surface area contributed by atoms with E-state index in [4.69, 9.17) is 32.2 Å². The minimum Gasteiger partial charge on any atom is -0.489 e. The molecule has 0 saturated heterocycles. The van der Waals surface area contributed by atoms with Gasteiger partial charge in [0.15, 0.2) is 11.5 Å². The number of hydrogen-bond acceptors (Lipinski definition) is 5. The molecule has 1 aliphatic heterocycles. The van der Waals surface area contributed by atoms with Gasteiger partial charge >= 0.3 is 0 Å². The maximum Gasteiger partial charge on any atom is 0.231 e. The third kappa shape index (κ3) is 2.65. The number of nitrogens with zero attached hydrogens (tertiary/aromatic N) is 1. The number of benzene rings is 1. The van der Waals surface area contributed by atoms with Crippen LogP contribution in [-0.2, 0) is 6.61 Å². The minimum absolute atomic E-state index is 0.250. The van der Waals surface area contributed by atoms with Gasteiger partial charge in [0.2, 0.25) is 6.79 Å². The highest BCUT2D eigenvalue weighted by atomic mass is 32.1. The molecule has 0 radical (unpaired) electrons. The molecular weight excluding hydrogens is 276 g/mol. The quantitative estimate of drug-likeness (QED) is 0.868. The zero-order valence-electron chi connectivity index (χ0n) is 10.5. The van der Waals surface area contributed by atoms with Gasteiger partial charge in [0.25, 0.3) is 0 Å². The van der Waals surface area contributed by atoms with Gasteiger partial charge in [0, 0.05) is 12.3 Å². The molecule has 0 aliphatic carbocycles. The molecule has 0 unspecified atom stereocenters. The third-order valence-electron chi connectivity index (χ3n) is 2.83. The number of aromatic nitrogens is 1. The Morgan fingerprint density at radius 1 is 1.25 bits per heavy atom. The van der Waals surface area contributed by atoms with Gasteiger partial charge < -0.3 is 19.9 Å². The number of rotatable bonds is 4. The summed E-state index contributed by atoms with van der Waals surface area (Å²) in [7, 11) is 0. The number of thiocarbonyl (C=S) groups is 1. The van der Waals surface area contributed by atoms with E-state index in [0.717, 1.165) is 11.3 Å². The lowest BCUT2D eigenvalue weighted by Crippen LogP contribution is -2.12. The van der Waals surface area contributed by atoms with Gasteiger partial charge in [-0.25, -0.2) is 0 Å². The van der Waals surface area contributed by atoms with Gasteiger partial charge in [-0.3, -0.25) is 4.98 Å². The van der Waals surface area contributed by atoms with Crippen LogP contribution in [-0.4, -0.2) is 16.8 Å². The van der Waals surface area contributed by atoms with E-state index in [0.29, 0.717) is 23.8 Å². The van der Waals surface area contributed by atoms with Crippen molar-refractivity contribution in [3.8, 4) is 17.2 Å². The van der Waals surface area contributed by atoms with Gasteiger partial charge in [-0.05, 0) is 29.8 Å². The highest BCUT2D eigenvalue weighted by Crippen LogP contribution is 2.35. The first-order valence-corrected chi connectivity index (χ1v) is 6.40. The van der Waals surface area contributed by atoms with Crippen molar-refractivity contribution in [2.75, 3.05) is 6.79 Å². The van der Waals surface area contributed by atoms with Crippen LogP contribution in [0.2, 0.25) is 0 Å². The van der Waals surface area contributed by atoms with Crippen LogP contribution < -0.4 is 19.9 Å². The average Bonchev–Trinajstić information content (AvgIpc) is 2.93. The Kier molecular flexibility index (Phi) is 3.39. The average molecular weight is 288 g/mol. The zero-order valence-corrected chi connectivity index (χ0v) is 11.4. The van der Waals surface area contributed by atoms with Crippen LogP contribution in [0.3, 0.4) is 0 Å². The summed E-state index contributed by atoms with van der Waals surface area (Å²) < 4.78 is 16.2. The molecule has 0 spiro atoms. The van der Waals surface area contributed by atoms with Gasteiger partial charge in [-0.15, -0.1) is 0 Å². The van der Waals surface area contributed by atoms with E-state index in [2.05, 4.69) is 4.98 Å². The van der Waals surface area contributed by atoms with Crippen molar-refractivity contribution in [3.05, 3.63) is 47.8 Å². The molecule has 2 heterocycles. The minimum atomic E-state index is 0.250. The number of nitrogens with two attached hydrogens (primary N) is 1. The summed E-state index contributed by atoms with van der Waals surface area (Å²) in [6.45, 7) is 0.651. The summed E-state index contributed by atoms with van der Waals surface area (Å²) in [5, 5.41) is 0. The van der Waals surface area contributed by atoms with Crippen LogP contribution in [0.15, 0.2) is 36.5 Å².